The summed E-state index contributed by atoms with van der Waals surface area (Å²) in [6, 6.07) is 0. The van der Waals surface area contributed by atoms with Crippen molar-refractivity contribution in [2.24, 2.45) is 12.8 Å². The maximum atomic E-state index is 5.55. The molecule has 0 saturated carbocycles. The molecule has 4 heteroatoms. The lowest BCUT2D eigenvalue weighted by molar-refractivity contribution is 0.0455. The Hall–Kier alpha value is -0.870. The SMILES string of the molecule is Cn1cc2c(n1)[C@H](CN)OCC2. The summed E-state index contributed by atoms with van der Waals surface area (Å²) < 4.78 is 7.29. The Bertz CT molecular complexity index is 282. The average Bonchev–Trinajstić information content (AvgIpc) is 2.44. The molecule has 1 atom stereocenters. The number of ether oxygens (including phenoxy) is 1. The van der Waals surface area contributed by atoms with Crippen LogP contribution < -0.4 is 5.73 Å². The molecule has 0 spiro atoms. The average molecular weight is 167 g/mol. The van der Waals surface area contributed by atoms with Crippen LogP contribution in [0.25, 0.3) is 0 Å². The summed E-state index contributed by atoms with van der Waals surface area (Å²) in [4.78, 5) is 0. The Morgan fingerprint density at radius 3 is 3.42 bits per heavy atom. The van der Waals surface area contributed by atoms with Gasteiger partial charge in [-0.3, -0.25) is 4.68 Å². The van der Waals surface area contributed by atoms with Crippen LogP contribution >= 0.6 is 0 Å². The lowest BCUT2D eigenvalue weighted by Gasteiger charge is -2.19. The van der Waals surface area contributed by atoms with E-state index in [-0.39, 0.29) is 6.10 Å². The number of fused-ring (bicyclic) bond motifs is 1. The maximum Gasteiger partial charge on any atom is 0.114 e. The van der Waals surface area contributed by atoms with E-state index in [4.69, 9.17) is 10.5 Å². The summed E-state index contributed by atoms with van der Waals surface area (Å²) in [5.74, 6) is 0. The summed E-state index contributed by atoms with van der Waals surface area (Å²) in [7, 11) is 1.92. The van der Waals surface area contributed by atoms with E-state index in [1.54, 1.807) is 0 Å². The minimum Gasteiger partial charge on any atom is -0.370 e. The summed E-state index contributed by atoms with van der Waals surface area (Å²) in [6.07, 6.45) is 3.01. The number of hydrogen-bond donors (Lipinski definition) is 1. The first-order valence-corrected chi connectivity index (χ1v) is 4.15. The highest BCUT2D eigenvalue weighted by molar-refractivity contribution is 5.21. The Labute approximate surface area is 71.3 Å². The second kappa shape index (κ2) is 2.88. The number of rotatable bonds is 1. The van der Waals surface area contributed by atoms with E-state index in [2.05, 4.69) is 5.10 Å². The fourth-order valence-electron chi connectivity index (χ4n) is 1.59. The second-order valence-corrected chi connectivity index (χ2v) is 3.06. The number of nitrogens with zero attached hydrogens (tertiary/aromatic N) is 2. The molecule has 0 bridgehead atoms. The molecule has 2 heterocycles. The molecule has 2 N–H and O–H groups in total. The van der Waals surface area contributed by atoms with Crippen molar-refractivity contribution in [3.05, 3.63) is 17.5 Å². The van der Waals surface area contributed by atoms with Crippen molar-refractivity contribution < 1.29 is 4.74 Å². The van der Waals surface area contributed by atoms with E-state index in [0.29, 0.717) is 6.54 Å². The van der Waals surface area contributed by atoms with Gasteiger partial charge in [-0.1, -0.05) is 0 Å². The molecule has 0 amide bonds. The van der Waals surface area contributed by atoms with Gasteiger partial charge in [0.1, 0.15) is 6.10 Å². The molecule has 2 rings (SSSR count). The molecule has 66 valence electrons. The molecule has 0 aliphatic carbocycles. The van der Waals surface area contributed by atoms with Crippen LogP contribution in [0.2, 0.25) is 0 Å². The van der Waals surface area contributed by atoms with Crippen LogP contribution in [0.3, 0.4) is 0 Å². The second-order valence-electron chi connectivity index (χ2n) is 3.06. The summed E-state index contributed by atoms with van der Waals surface area (Å²) >= 11 is 0. The van der Waals surface area contributed by atoms with E-state index >= 15 is 0 Å². The number of aromatic nitrogens is 2. The van der Waals surface area contributed by atoms with Gasteiger partial charge in [-0.2, -0.15) is 5.10 Å². The monoisotopic (exact) mass is 167 g/mol. The van der Waals surface area contributed by atoms with Crippen molar-refractivity contribution in [1.29, 1.82) is 0 Å². The molecule has 0 unspecified atom stereocenters. The van der Waals surface area contributed by atoms with Crippen LogP contribution in [-0.4, -0.2) is 22.9 Å². The van der Waals surface area contributed by atoms with Crippen LogP contribution in [-0.2, 0) is 18.2 Å². The molecule has 1 aromatic rings. The van der Waals surface area contributed by atoms with Gasteiger partial charge in [0.2, 0.25) is 0 Å². The van der Waals surface area contributed by atoms with Gasteiger partial charge in [-0.25, -0.2) is 0 Å². The normalized spacial score (nSPS) is 22.3. The molecule has 0 aromatic carbocycles. The van der Waals surface area contributed by atoms with Crippen molar-refractivity contribution in [1.82, 2.24) is 9.78 Å². The zero-order chi connectivity index (χ0) is 8.55. The van der Waals surface area contributed by atoms with Crippen molar-refractivity contribution in [3.8, 4) is 0 Å². The standard InChI is InChI=1S/C8H13N3O/c1-11-5-6-2-3-12-7(4-9)8(6)10-11/h5,7H,2-4,9H2,1H3/t7-/m0/s1. The van der Waals surface area contributed by atoms with Crippen molar-refractivity contribution in [3.63, 3.8) is 0 Å². The third kappa shape index (κ3) is 1.13. The molecule has 1 aliphatic rings. The van der Waals surface area contributed by atoms with Crippen LogP contribution in [0.1, 0.15) is 17.4 Å². The van der Waals surface area contributed by atoms with Crippen molar-refractivity contribution >= 4 is 0 Å². The van der Waals surface area contributed by atoms with Gasteiger partial charge in [-0.05, 0) is 12.0 Å². The number of nitrogens with two attached hydrogens (primary N) is 1. The van der Waals surface area contributed by atoms with Gasteiger partial charge in [0.05, 0.1) is 12.3 Å². The third-order valence-electron chi connectivity index (χ3n) is 2.15. The van der Waals surface area contributed by atoms with Gasteiger partial charge in [0.15, 0.2) is 0 Å². The molecule has 1 aromatic heterocycles. The highest BCUT2D eigenvalue weighted by Gasteiger charge is 2.22. The summed E-state index contributed by atoms with van der Waals surface area (Å²) in [5, 5.41) is 4.32. The molecule has 1 aliphatic heterocycles. The lowest BCUT2D eigenvalue weighted by atomic mass is 10.1. The van der Waals surface area contributed by atoms with Gasteiger partial charge in [0, 0.05) is 19.8 Å². The maximum absolute atomic E-state index is 5.55. The Morgan fingerprint density at radius 1 is 1.83 bits per heavy atom. The Morgan fingerprint density at radius 2 is 2.67 bits per heavy atom. The topological polar surface area (TPSA) is 53.1 Å². The van der Waals surface area contributed by atoms with Crippen LogP contribution in [0.5, 0.6) is 0 Å². The zero-order valence-corrected chi connectivity index (χ0v) is 7.16. The van der Waals surface area contributed by atoms with Gasteiger partial charge in [0.25, 0.3) is 0 Å². The van der Waals surface area contributed by atoms with Crippen LogP contribution in [0, 0.1) is 0 Å². The first-order valence-electron chi connectivity index (χ1n) is 4.15. The lowest BCUT2D eigenvalue weighted by Crippen LogP contribution is -2.22. The number of hydrogen-bond acceptors (Lipinski definition) is 3. The summed E-state index contributed by atoms with van der Waals surface area (Å²) in [5.41, 5.74) is 7.85. The van der Waals surface area contributed by atoms with Crippen LogP contribution in [0.15, 0.2) is 6.20 Å². The zero-order valence-electron chi connectivity index (χ0n) is 7.16. The van der Waals surface area contributed by atoms with Gasteiger partial charge in [-0.15, -0.1) is 0 Å². The minimum absolute atomic E-state index is 0.00921. The quantitative estimate of drug-likeness (QED) is 0.640. The summed E-state index contributed by atoms with van der Waals surface area (Å²) in [6.45, 7) is 1.28. The predicted octanol–water partition coefficient (Wildman–Crippen LogP) is -0.00740. The molecular formula is C8H13N3O. The highest BCUT2D eigenvalue weighted by Crippen LogP contribution is 2.23. The fraction of sp³-hybridized carbons (Fsp3) is 0.625. The molecule has 12 heavy (non-hydrogen) atoms. The fourth-order valence-corrected chi connectivity index (χ4v) is 1.59. The molecule has 0 fully saturated rings. The third-order valence-corrected chi connectivity index (χ3v) is 2.15. The van der Waals surface area contributed by atoms with Crippen LogP contribution in [0.4, 0.5) is 0 Å². The van der Waals surface area contributed by atoms with E-state index in [9.17, 15) is 0 Å². The predicted molar refractivity (Wildman–Crippen MR) is 44.7 cm³/mol. The van der Waals surface area contributed by atoms with E-state index < -0.39 is 0 Å². The molecular weight excluding hydrogens is 154 g/mol. The smallest absolute Gasteiger partial charge is 0.114 e. The van der Waals surface area contributed by atoms with E-state index in [0.717, 1.165) is 18.7 Å². The number of aryl methyl sites for hydroxylation is 1. The largest absolute Gasteiger partial charge is 0.370 e. The Balaban J connectivity index is 2.36. The first-order chi connectivity index (χ1) is 5.81. The minimum atomic E-state index is 0.00921. The molecule has 0 saturated heterocycles. The Kier molecular flexibility index (Phi) is 1.86. The highest BCUT2D eigenvalue weighted by atomic mass is 16.5. The molecule has 0 radical (unpaired) electrons. The van der Waals surface area contributed by atoms with Crippen molar-refractivity contribution in [2.45, 2.75) is 12.5 Å². The first kappa shape index (κ1) is 7.76. The van der Waals surface area contributed by atoms with E-state index in [1.165, 1.54) is 5.56 Å². The van der Waals surface area contributed by atoms with Gasteiger partial charge >= 0.3 is 0 Å². The molecule has 4 nitrogen and oxygen atoms in total. The van der Waals surface area contributed by atoms with E-state index in [1.807, 2.05) is 17.9 Å². The van der Waals surface area contributed by atoms with Gasteiger partial charge < -0.3 is 10.5 Å². The van der Waals surface area contributed by atoms with Crippen molar-refractivity contribution in [2.75, 3.05) is 13.2 Å².